The number of fused-ring (bicyclic) bond motifs is 1. The standard InChI is InChI=1S/C15H16FN5O2S/c1-9(2)7-12-18-19-15-21(12)20-14(24-15)17-13(22)8-23-11-6-4-3-5-10(11)16/h3-6,9H,7-8H2,1-2H3,(H,17,20,22). The lowest BCUT2D eigenvalue weighted by Crippen LogP contribution is -2.20. The molecule has 126 valence electrons. The van der Waals surface area contributed by atoms with Crippen LogP contribution >= 0.6 is 11.3 Å². The van der Waals surface area contributed by atoms with Crippen LogP contribution in [-0.4, -0.2) is 32.3 Å². The van der Waals surface area contributed by atoms with Crippen molar-refractivity contribution in [3.05, 3.63) is 35.9 Å². The SMILES string of the molecule is CC(C)Cc1nnc2sc(NC(=O)COc3ccccc3F)nn12. The maximum atomic E-state index is 13.4. The molecule has 0 spiro atoms. The Morgan fingerprint density at radius 1 is 1.38 bits per heavy atom. The number of amides is 1. The molecule has 0 radical (unpaired) electrons. The number of halogens is 1. The molecular weight excluding hydrogens is 333 g/mol. The fourth-order valence-corrected chi connectivity index (χ4v) is 2.84. The predicted octanol–water partition coefficient (Wildman–Crippen LogP) is 2.54. The number of hydrogen-bond donors (Lipinski definition) is 1. The molecular formula is C15H16FN5O2S. The molecule has 3 rings (SSSR count). The molecule has 0 unspecified atom stereocenters. The highest BCUT2D eigenvalue weighted by Gasteiger charge is 2.15. The highest BCUT2D eigenvalue weighted by atomic mass is 32.1. The summed E-state index contributed by atoms with van der Waals surface area (Å²) in [6.07, 6.45) is 0.745. The van der Waals surface area contributed by atoms with Gasteiger partial charge in [-0.05, 0) is 18.1 Å². The zero-order valence-electron chi connectivity index (χ0n) is 13.2. The molecule has 3 aromatic rings. The number of aromatic nitrogens is 4. The van der Waals surface area contributed by atoms with Gasteiger partial charge in [-0.3, -0.25) is 10.1 Å². The Morgan fingerprint density at radius 3 is 2.92 bits per heavy atom. The van der Waals surface area contributed by atoms with Gasteiger partial charge in [0.15, 0.2) is 24.0 Å². The monoisotopic (exact) mass is 349 g/mol. The summed E-state index contributed by atoms with van der Waals surface area (Å²) in [5.74, 6) is 0.270. The summed E-state index contributed by atoms with van der Waals surface area (Å²) in [7, 11) is 0. The van der Waals surface area contributed by atoms with Gasteiger partial charge < -0.3 is 4.74 Å². The first-order valence-corrected chi connectivity index (χ1v) is 8.23. The van der Waals surface area contributed by atoms with Crippen molar-refractivity contribution in [2.75, 3.05) is 11.9 Å². The third kappa shape index (κ3) is 3.67. The van der Waals surface area contributed by atoms with E-state index in [-0.39, 0.29) is 12.4 Å². The van der Waals surface area contributed by atoms with Gasteiger partial charge in [-0.1, -0.05) is 37.3 Å². The summed E-state index contributed by atoms with van der Waals surface area (Å²) in [5, 5.41) is 15.4. The Morgan fingerprint density at radius 2 is 2.17 bits per heavy atom. The molecule has 2 aromatic heterocycles. The van der Waals surface area contributed by atoms with Crippen molar-refractivity contribution in [2.24, 2.45) is 5.92 Å². The minimum atomic E-state index is -0.512. The van der Waals surface area contributed by atoms with Crippen LogP contribution in [0.3, 0.4) is 0 Å². The number of benzene rings is 1. The maximum absolute atomic E-state index is 13.4. The third-order valence-corrected chi connectivity index (χ3v) is 3.90. The van der Waals surface area contributed by atoms with Crippen LogP contribution in [0.25, 0.3) is 4.96 Å². The van der Waals surface area contributed by atoms with Gasteiger partial charge in [-0.25, -0.2) is 4.39 Å². The minimum absolute atomic E-state index is 0.0324. The van der Waals surface area contributed by atoms with Gasteiger partial charge in [-0.2, -0.15) is 4.52 Å². The average molecular weight is 349 g/mol. The molecule has 1 aromatic carbocycles. The number of carbonyl (C=O) groups excluding carboxylic acids is 1. The van der Waals surface area contributed by atoms with Crippen molar-refractivity contribution < 1.29 is 13.9 Å². The van der Waals surface area contributed by atoms with Crippen molar-refractivity contribution >= 4 is 27.3 Å². The molecule has 0 aliphatic heterocycles. The normalized spacial score (nSPS) is 11.2. The van der Waals surface area contributed by atoms with Gasteiger partial charge in [0, 0.05) is 6.42 Å². The molecule has 7 nitrogen and oxygen atoms in total. The third-order valence-electron chi connectivity index (χ3n) is 3.09. The van der Waals surface area contributed by atoms with Gasteiger partial charge in [0.2, 0.25) is 10.1 Å². The van der Waals surface area contributed by atoms with E-state index in [1.807, 2.05) is 0 Å². The minimum Gasteiger partial charge on any atom is -0.481 e. The Hall–Kier alpha value is -2.55. The summed E-state index contributed by atoms with van der Waals surface area (Å²) >= 11 is 1.22. The molecule has 1 amide bonds. The lowest BCUT2D eigenvalue weighted by Gasteiger charge is -2.06. The van der Waals surface area contributed by atoms with Crippen LogP contribution in [0.1, 0.15) is 19.7 Å². The van der Waals surface area contributed by atoms with Gasteiger partial charge in [0.25, 0.3) is 5.91 Å². The summed E-state index contributed by atoms with van der Waals surface area (Å²) in [6.45, 7) is 3.85. The molecule has 24 heavy (non-hydrogen) atoms. The van der Waals surface area contributed by atoms with Crippen molar-refractivity contribution in [1.29, 1.82) is 0 Å². The smallest absolute Gasteiger partial charge is 0.264 e. The second kappa shape index (κ2) is 6.91. The lowest BCUT2D eigenvalue weighted by molar-refractivity contribution is -0.118. The van der Waals surface area contributed by atoms with Crippen LogP contribution in [-0.2, 0) is 11.2 Å². The van der Waals surface area contributed by atoms with Crippen LogP contribution < -0.4 is 10.1 Å². The van der Waals surface area contributed by atoms with Crippen molar-refractivity contribution in [2.45, 2.75) is 20.3 Å². The summed E-state index contributed by atoms with van der Waals surface area (Å²) in [6, 6.07) is 5.92. The highest BCUT2D eigenvalue weighted by Crippen LogP contribution is 2.20. The first-order chi connectivity index (χ1) is 11.5. The molecule has 9 heteroatoms. The Labute approximate surface area is 141 Å². The molecule has 2 heterocycles. The zero-order valence-corrected chi connectivity index (χ0v) is 14.0. The first-order valence-electron chi connectivity index (χ1n) is 7.41. The van der Waals surface area contributed by atoms with Crippen LogP contribution in [0.4, 0.5) is 9.52 Å². The van der Waals surface area contributed by atoms with E-state index >= 15 is 0 Å². The molecule has 0 saturated carbocycles. The first kappa shape index (κ1) is 16.3. The summed E-state index contributed by atoms with van der Waals surface area (Å²) < 4.78 is 20.2. The van der Waals surface area contributed by atoms with Crippen LogP contribution in [0.15, 0.2) is 24.3 Å². The molecule has 0 fully saturated rings. The van der Waals surface area contributed by atoms with E-state index in [1.54, 1.807) is 16.6 Å². The van der Waals surface area contributed by atoms with E-state index < -0.39 is 11.7 Å². The lowest BCUT2D eigenvalue weighted by atomic mass is 10.1. The molecule has 0 atom stereocenters. The average Bonchev–Trinajstić information content (AvgIpc) is 3.07. The molecule has 0 bridgehead atoms. The van der Waals surface area contributed by atoms with E-state index in [9.17, 15) is 9.18 Å². The number of para-hydroxylation sites is 1. The Bertz CT molecular complexity index is 861. The van der Waals surface area contributed by atoms with Crippen LogP contribution in [0.2, 0.25) is 0 Å². The van der Waals surface area contributed by atoms with E-state index in [0.717, 1.165) is 12.2 Å². The van der Waals surface area contributed by atoms with Gasteiger partial charge in [0.1, 0.15) is 0 Å². The molecule has 0 saturated heterocycles. The Balaban J connectivity index is 1.63. The molecule has 0 aliphatic carbocycles. The largest absolute Gasteiger partial charge is 0.481 e. The van der Waals surface area contributed by atoms with Crippen molar-refractivity contribution in [1.82, 2.24) is 19.8 Å². The van der Waals surface area contributed by atoms with E-state index in [4.69, 9.17) is 4.74 Å². The van der Waals surface area contributed by atoms with Crippen molar-refractivity contribution in [3.8, 4) is 5.75 Å². The number of rotatable bonds is 6. The van der Waals surface area contributed by atoms with Gasteiger partial charge >= 0.3 is 0 Å². The number of nitrogens with zero attached hydrogens (tertiary/aromatic N) is 4. The zero-order chi connectivity index (χ0) is 17.1. The van der Waals surface area contributed by atoms with Crippen LogP contribution in [0, 0.1) is 11.7 Å². The number of ether oxygens (including phenoxy) is 1. The number of nitrogens with one attached hydrogen (secondary N) is 1. The Kier molecular flexibility index (Phi) is 4.70. The molecule has 0 aliphatic rings. The quantitative estimate of drug-likeness (QED) is 0.740. The summed E-state index contributed by atoms with van der Waals surface area (Å²) in [5.41, 5.74) is 0. The van der Waals surface area contributed by atoms with Crippen LogP contribution in [0.5, 0.6) is 5.75 Å². The second-order valence-electron chi connectivity index (χ2n) is 5.58. The fourth-order valence-electron chi connectivity index (χ4n) is 2.06. The topological polar surface area (TPSA) is 81.4 Å². The molecule has 1 N–H and O–H groups in total. The van der Waals surface area contributed by atoms with E-state index in [1.165, 1.54) is 23.5 Å². The predicted molar refractivity (Wildman–Crippen MR) is 87.7 cm³/mol. The van der Waals surface area contributed by atoms with E-state index in [2.05, 4.69) is 34.5 Å². The number of hydrogen-bond acceptors (Lipinski definition) is 6. The van der Waals surface area contributed by atoms with E-state index in [0.29, 0.717) is 16.0 Å². The summed E-state index contributed by atoms with van der Waals surface area (Å²) in [4.78, 5) is 12.5. The van der Waals surface area contributed by atoms with Gasteiger partial charge in [-0.15, -0.1) is 15.3 Å². The second-order valence-corrected chi connectivity index (χ2v) is 6.54. The van der Waals surface area contributed by atoms with Crippen molar-refractivity contribution in [3.63, 3.8) is 0 Å². The highest BCUT2D eigenvalue weighted by molar-refractivity contribution is 7.20. The van der Waals surface area contributed by atoms with Gasteiger partial charge in [0.05, 0.1) is 0 Å². The maximum Gasteiger partial charge on any atom is 0.264 e. The number of carbonyl (C=O) groups is 1. The number of anilines is 1. The fraction of sp³-hybridized carbons (Fsp3) is 0.333.